The third kappa shape index (κ3) is 3.16. The van der Waals surface area contributed by atoms with Crippen LogP contribution in [0.4, 0.5) is 0 Å². The predicted octanol–water partition coefficient (Wildman–Crippen LogP) is 3.09. The second-order valence-electron chi connectivity index (χ2n) is 6.62. The Kier molecular flexibility index (Phi) is 4.05. The summed E-state index contributed by atoms with van der Waals surface area (Å²) in [7, 11) is 0. The molecular formula is C19H17N3O4S. The van der Waals surface area contributed by atoms with Crippen molar-refractivity contribution >= 4 is 17.2 Å². The first-order valence-electron chi connectivity index (χ1n) is 8.80. The Hall–Kier alpha value is -2.87. The van der Waals surface area contributed by atoms with Gasteiger partial charge in [0.05, 0.1) is 11.3 Å². The van der Waals surface area contributed by atoms with Gasteiger partial charge in [0.2, 0.25) is 12.7 Å². The van der Waals surface area contributed by atoms with Gasteiger partial charge in [-0.15, -0.1) is 11.3 Å². The van der Waals surface area contributed by atoms with E-state index in [0.29, 0.717) is 37.0 Å². The smallest absolute Gasteiger partial charge is 0.267 e. The summed E-state index contributed by atoms with van der Waals surface area (Å²) >= 11 is 1.57. The summed E-state index contributed by atoms with van der Waals surface area (Å²) in [6.45, 7) is 1.56. The van der Waals surface area contributed by atoms with Crippen LogP contribution in [0.2, 0.25) is 0 Å². The number of thiophene rings is 1. The zero-order chi connectivity index (χ0) is 18.2. The quantitative estimate of drug-likeness (QED) is 0.689. The molecule has 2 aromatic heterocycles. The van der Waals surface area contributed by atoms with Gasteiger partial charge in [-0.25, -0.2) is 0 Å². The van der Waals surface area contributed by atoms with Crippen LogP contribution in [-0.4, -0.2) is 40.8 Å². The van der Waals surface area contributed by atoms with Gasteiger partial charge < -0.3 is 18.9 Å². The summed E-state index contributed by atoms with van der Waals surface area (Å²) in [6.07, 6.45) is 1.19. The van der Waals surface area contributed by atoms with E-state index in [-0.39, 0.29) is 18.6 Å². The minimum absolute atomic E-state index is 0.0957. The van der Waals surface area contributed by atoms with Crippen LogP contribution >= 0.6 is 11.3 Å². The number of benzene rings is 1. The summed E-state index contributed by atoms with van der Waals surface area (Å²) in [4.78, 5) is 20.0. The third-order valence-corrected chi connectivity index (χ3v) is 5.73. The highest BCUT2D eigenvalue weighted by Gasteiger charge is 2.31. The highest BCUT2D eigenvalue weighted by molar-refractivity contribution is 7.13. The average Bonchev–Trinajstić information content (AvgIpc) is 3.48. The Labute approximate surface area is 159 Å². The number of hydrogen-bond acceptors (Lipinski definition) is 7. The molecule has 3 aromatic rings. The van der Waals surface area contributed by atoms with Crippen molar-refractivity contribution in [2.24, 2.45) is 0 Å². The van der Waals surface area contributed by atoms with Crippen LogP contribution < -0.4 is 9.47 Å². The largest absolute Gasteiger partial charge is 0.454 e. The molecule has 1 amide bonds. The Morgan fingerprint density at radius 3 is 3.07 bits per heavy atom. The molecule has 1 fully saturated rings. The standard InChI is InChI=1S/C19H17N3O4S/c23-17(9-12-3-4-14-15(8-12)25-11-24-14)22-6-5-13(10-22)18-20-19(26-21-18)16-2-1-7-27-16/h1-4,7-8,13H,5-6,9-11H2/t13-/m0/s1. The fourth-order valence-electron chi connectivity index (χ4n) is 3.44. The lowest BCUT2D eigenvalue weighted by atomic mass is 10.1. The molecule has 2 aliphatic rings. The lowest BCUT2D eigenvalue weighted by Gasteiger charge is -2.16. The molecule has 1 atom stereocenters. The van der Waals surface area contributed by atoms with Gasteiger partial charge in [0.25, 0.3) is 5.89 Å². The van der Waals surface area contributed by atoms with Crippen molar-refractivity contribution in [3.63, 3.8) is 0 Å². The van der Waals surface area contributed by atoms with Crippen LogP contribution in [0.1, 0.15) is 23.7 Å². The fourth-order valence-corrected chi connectivity index (χ4v) is 4.08. The first kappa shape index (κ1) is 16.3. The number of carbonyl (C=O) groups is 1. The maximum absolute atomic E-state index is 12.7. The first-order chi connectivity index (χ1) is 13.3. The van der Waals surface area contributed by atoms with Gasteiger partial charge in [-0.3, -0.25) is 4.79 Å². The van der Waals surface area contributed by atoms with E-state index in [2.05, 4.69) is 10.1 Å². The van der Waals surface area contributed by atoms with Gasteiger partial charge in [0, 0.05) is 19.0 Å². The number of amides is 1. The molecule has 0 unspecified atom stereocenters. The van der Waals surface area contributed by atoms with Crippen molar-refractivity contribution in [3.8, 4) is 22.3 Å². The zero-order valence-corrected chi connectivity index (χ0v) is 15.3. The molecule has 0 N–H and O–H groups in total. The number of hydrogen-bond donors (Lipinski definition) is 0. The summed E-state index contributed by atoms with van der Waals surface area (Å²) in [5.74, 6) is 2.86. The SMILES string of the molecule is O=C(Cc1ccc2c(c1)OCO2)N1CC[C@H](c2noc(-c3cccs3)n2)C1. The van der Waals surface area contributed by atoms with Crippen molar-refractivity contribution in [2.45, 2.75) is 18.8 Å². The summed E-state index contributed by atoms with van der Waals surface area (Å²) < 4.78 is 16.1. The molecule has 27 heavy (non-hydrogen) atoms. The highest BCUT2D eigenvalue weighted by Crippen LogP contribution is 2.33. The summed E-state index contributed by atoms with van der Waals surface area (Å²) in [6, 6.07) is 9.54. The van der Waals surface area contributed by atoms with E-state index in [1.54, 1.807) is 11.3 Å². The van der Waals surface area contributed by atoms with Gasteiger partial charge in [0.1, 0.15) is 0 Å². The molecule has 1 saturated heterocycles. The van der Waals surface area contributed by atoms with Crippen molar-refractivity contribution in [3.05, 3.63) is 47.1 Å². The minimum Gasteiger partial charge on any atom is -0.454 e. The number of ether oxygens (including phenoxy) is 2. The maximum Gasteiger partial charge on any atom is 0.267 e. The van der Waals surface area contributed by atoms with Crippen molar-refractivity contribution in [1.82, 2.24) is 15.0 Å². The lowest BCUT2D eigenvalue weighted by molar-refractivity contribution is -0.129. The molecule has 0 radical (unpaired) electrons. The molecule has 5 rings (SSSR count). The Morgan fingerprint density at radius 2 is 2.19 bits per heavy atom. The third-order valence-electron chi connectivity index (χ3n) is 4.87. The van der Waals surface area contributed by atoms with Gasteiger partial charge in [-0.05, 0) is 35.6 Å². The topological polar surface area (TPSA) is 77.7 Å². The Morgan fingerprint density at radius 1 is 1.26 bits per heavy atom. The zero-order valence-electron chi connectivity index (χ0n) is 14.5. The molecule has 0 spiro atoms. The predicted molar refractivity (Wildman–Crippen MR) is 97.8 cm³/mol. The summed E-state index contributed by atoms with van der Waals surface area (Å²) in [5, 5.41) is 6.10. The van der Waals surface area contributed by atoms with Gasteiger partial charge >= 0.3 is 0 Å². The number of aromatic nitrogens is 2. The van der Waals surface area contributed by atoms with Crippen LogP contribution in [0, 0.1) is 0 Å². The summed E-state index contributed by atoms with van der Waals surface area (Å²) in [5.41, 5.74) is 0.923. The van der Waals surface area contributed by atoms with Gasteiger partial charge in [-0.2, -0.15) is 4.98 Å². The van der Waals surface area contributed by atoms with E-state index >= 15 is 0 Å². The average molecular weight is 383 g/mol. The minimum atomic E-state index is 0.0957. The lowest BCUT2D eigenvalue weighted by Crippen LogP contribution is -2.30. The Balaban J connectivity index is 1.23. The molecule has 4 heterocycles. The molecule has 1 aromatic carbocycles. The molecule has 8 heteroatoms. The first-order valence-corrected chi connectivity index (χ1v) is 9.68. The van der Waals surface area contributed by atoms with Crippen molar-refractivity contribution in [1.29, 1.82) is 0 Å². The van der Waals surface area contributed by atoms with Crippen LogP contribution in [0.15, 0.2) is 40.2 Å². The molecule has 0 saturated carbocycles. The van der Waals surface area contributed by atoms with Gasteiger partial charge in [-0.1, -0.05) is 17.3 Å². The van der Waals surface area contributed by atoms with E-state index in [0.717, 1.165) is 22.6 Å². The second-order valence-corrected chi connectivity index (χ2v) is 7.57. The van der Waals surface area contributed by atoms with E-state index in [9.17, 15) is 4.79 Å². The normalized spacial score (nSPS) is 18.2. The van der Waals surface area contributed by atoms with Gasteiger partial charge in [0.15, 0.2) is 17.3 Å². The Bertz CT molecular complexity index is 969. The van der Waals surface area contributed by atoms with E-state index in [1.807, 2.05) is 40.6 Å². The monoisotopic (exact) mass is 383 g/mol. The molecule has 2 aliphatic heterocycles. The van der Waals surface area contributed by atoms with Crippen LogP contribution in [-0.2, 0) is 11.2 Å². The number of fused-ring (bicyclic) bond motifs is 1. The number of carbonyl (C=O) groups excluding carboxylic acids is 1. The van der Waals surface area contributed by atoms with E-state index < -0.39 is 0 Å². The van der Waals surface area contributed by atoms with Crippen LogP contribution in [0.25, 0.3) is 10.8 Å². The number of rotatable bonds is 4. The second kappa shape index (κ2) is 6.70. The molecule has 138 valence electrons. The maximum atomic E-state index is 12.7. The van der Waals surface area contributed by atoms with Crippen LogP contribution in [0.5, 0.6) is 11.5 Å². The highest BCUT2D eigenvalue weighted by atomic mass is 32.1. The molecule has 0 bridgehead atoms. The van der Waals surface area contributed by atoms with Crippen molar-refractivity contribution < 1.29 is 18.8 Å². The fraction of sp³-hybridized carbons (Fsp3) is 0.316. The van der Waals surface area contributed by atoms with E-state index in [1.165, 1.54) is 0 Å². The molecule has 7 nitrogen and oxygen atoms in total. The molecular weight excluding hydrogens is 366 g/mol. The van der Waals surface area contributed by atoms with Crippen LogP contribution in [0.3, 0.4) is 0 Å². The number of likely N-dealkylation sites (tertiary alicyclic amines) is 1. The molecule has 0 aliphatic carbocycles. The number of nitrogens with zero attached hydrogens (tertiary/aromatic N) is 3. The van der Waals surface area contributed by atoms with E-state index in [4.69, 9.17) is 14.0 Å². The van der Waals surface area contributed by atoms with Crippen molar-refractivity contribution in [2.75, 3.05) is 19.9 Å².